The number of nitrogens with zero attached hydrogens (tertiary/aromatic N) is 1. The molecule has 0 aliphatic carbocycles. The topological polar surface area (TPSA) is 23.5 Å². The van der Waals surface area contributed by atoms with Gasteiger partial charge in [-0.15, -0.1) is 0 Å². The zero-order chi connectivity index (χ0) is 7.61. The molecule has 4 heteroatoms. The van der Waals surface area contributed by atoms with Gasteiger partial charge in [0.05, 0.1) is 0 Å². The summed E-state index contributed by atoms with van der Waals surface area (Å²) < 4.78 is 2.66. The molecule has 1 saturated heterocycles. The van der Waals surface area contributed by atoms with Crippen LogP contribution in [0.5, 0.6) is 0 Å². The summed E-state index contributed by atoms with van der Waals surface area (Å²) in [5.74, 6) is 0. The fraction of sp³-hybridized carbons (Fsp3) is 1.00. The van der Waals surface area contributed by atoms with Crippen molar-refractivity contribution in [2.24, 2.45) is 0 Å². The monoisotopic (exact) mass is 269 g/mol. The van der Waals surface area contributed by atoms with Crippen LogP contribution in [0.15, 0.2) is 0 Å². The van der Waals surface area contributed by atoms with Gasteiger partial charge < -0.3 is 5.11 Å². The zero-order valence-electron chi connectivity index (χ0n) is 6.31. The minimum absolute atomic E-state index is 0.349. The molecular weight excluding hydrogens is 256 g/mol. The smallest absolute Gasteiger partial charge is 0.225 e. The van der Waals surface area contributed by atoms with Gasteiger partial charge in [0, 0.05) is 42.6 Å². The summed E-state index contributed by atoms with van der Waals surface area (Å²) >= 11 is 3.50. The van der Waals surface area contributed by atoms with Crippen molar-refractivity contribution in [3.63, 3.8) is 0 Å². The standard InChI is InChI=1S/C6H11INO.Al.2H/c7-8-3-1-6(5-9)2-4-8;;;/h9H,1-5H2;;;. The minimum atomic E-state index is 0.349. The van der Waals surface area contributed by atoms with Gasteiger partial charge in [-0.3, -0.25) is 0 Å². The average Bonchev–Trinajstić information content (AvgIpc) is 1.96. The number of halogens is 1. The van der Waals surface area contributed by atoms with E-state index >= 15 is 0 Å². The van der Waals surface area contributed by atoms with E-state index in [1.807, 2.05) is 0 Å². The molecule has 0 aromatic heterocycles. The fourth-order valence-corrected chi connectivity index (χ4v) is 2.11. The molecule has 0 aromatic rings. The Morgan fingerprint density at radius 2 is 2.00 bits per heavy atom. The van der Waals surface area contributed by atoms with E-state index in [0.29, 0.717) is 10.9 Å². The molecule has 1 N–H and O–H groups in total. The highest BCUT2D eigenvalue weighted by Crippen LogP contribution is 2.35. The van der Waals surface area contributed by atoms with E-state index in [1.54, 1.807) is 0 Å². The van der Waals surface area contributed by atoms with Gasteiger partial charge in [0.2, 0.25) is 16.3 Å². The zero-order valence-corrected chi connectivity index (χ0v) is 10.5. The number of aliphatic hydroxyl groups excluding tert-OH is 1. The van der Waals surface area contributed by atoms with Crippen molar-refractivity contribution in [1.29, 1.82) is 0 Å². The van der Waals surface area contributed by atoms with Crippen molar-refractivity contribution < 1.29 is 5.11 Å². The van der Waals surface area contributed by atoms with Gasteiger partial charge in [0.1, 0.15) is 0 Å². The lowest BCUT2D eigenvalue weighted by molar-refractivity contribution is 0.192. The molecule has 2 nitrogen and oxygen atoms in total. The summed E-state index contributed by atoms with van der Waals surface area (Å²) in [6.45, 7) is 2.72. The number of hydrogen-bond donors (Lipinski definition) is 1. The summed E-state index contributed by atoms with van der Waals surface area (Å²) in [6, 6.07) is 0. The van der Waals surface area contributed by atoms with Crippen molar-refractivity contribution >= 4 is 39.2 Å². The summed E-state index contributed by atoms with van der Waals surface area (Å²) in [6.07, 6.45) is 2.39. The third-order valence-electron chi connectivity index (χ3n) is 2.30. The van der Waals surface area contributed by atoms with Crippen LogP contribution in [0.3, 0.4) is 0 Å². The summed E-state index contributed by atoms with van der Waals surface area (Å²) in [5, 5.41) is 9.05. The quantitative estimate of drug-likeness (QED) is 0.418. The Morgan fingerprint density at radius 3 is 2.40 bits per heavy atom. The summed E-state index contributed by atoms with van der Waals surface area (Å²) in [4.78, 5) is 0. The van der Waals surface area contributed by atoms with E-state index in [-0.39, 0.29) is 0 Å². The Hall–Kier alpha value is 1.18. The average molecular weight is 269 g/mol. The molecule has 0 spiro atoms. The molecule has 0 atom stereocenters. The largest absolute Gasteiger partial charge is 0.397 e. The first-order chi connectivity index (χ1) is 4.66. The highest BCUT2D eigenvalue weighted by atomic mass is 127. The molecular formula is C6H13AlINO. The SMILES string of the molecule is OC[C]1([AlH2])CCN(I)CC1. The van der Waals surface area contributed by atoms with Gasteiger partial charge in [-0.05, 0) is 12.8 Å². The van der Waals surface area contributed by atoms with E-state index < -0.39 is 0 Å². The third kappa shape index (κ3) is 2.35. The number of rotatable bonds is 1. The van der Waals surface area contributed by atoms with E-state index in [0.717, 1.165) is 29.4 Å². The molecule has 1 heterocycles. The van der Waals surface area contributed by atoms with Crippen LogP contribution >= 0.6 is 22.9 Å². The normalized spacial score (nSPS) is 26.6. The Kier molecular flexibility index (Phi) is 3.45. The number of aliphatic hydroxyl groups is 1. The van der Waals surface area contributed by atoms with Crippen molar-refractivity contribution in [3.05, 3.63) is 0 Å². The van der Waals surface area contributed by atoms with Crippen LogP contribution in [0.25, 0.3) is 0 Å². The van der Waals surface area contributed by atoms with Crippen LogP contribution in [0.2, 0.25) is 4.28 Å². The minimum Gasteiger partial charge on any atom is -0.397 e. The van der Waals surface area contributed by atoms with Gasteiger partial charge in [0.15, 0.2) is 0 Å². The predicted molar refractivity (Wildman–Crippen MR) is 53.1 cm³/mol. The summed E-state index contributed by atoms with van der Waals surface area (Å²) in [5.41, 5.74) is 0. The maximum atomic E-state index is 9.05. The first-order valence-electron chi connectivity index (χ1n) is 3.68. The molecule has 0 unspecified atom stereocenters. The first-order valence-corrected chi connectivity index (χ1v) is 5.64. The van der Waals surface area contributed by atoms with E-state index in [1.165, 1.54) is 12.8 Å². The van der Waals surface area contributed by atoms with Crippen LogP contribution in [0.4, 0.5) is 0 Å². The van der Waals surface area contributed by atoms with Crippen molar-refractivity contribution in [2.45, 2.75) is 17.1 Å². The van der Waals surface area contributed by atoms with Crippen LogP contribution in [0.1, 0.15) is 12.8 Å². The van der Waals surface area contributed by atoms with E-state index in [9.17, 15) is 0 Å². The Balaban J connectivity index is 2.38. The van der Waals surface area contributed by atoms with E-state index in [4.69, 9.17) is 5.11 Å². The van der Waals surface area contributed by atoms with Crippen molar-refractivity contribution in [2.75, 3.05) is 19.7 Å². The highest BCUT2D eigenvalue weighted by molar-refractivity contribution is 14.1. The molecule has 0 amide bonds. The van der Waals surface area contributed by atoms with Crippen LogP contribution in [0, 0.1) is 0 Å². The van der Waals surface area contributed by atoms with E-state index in [2.05, 4.69) is 26.0 Å². The lowest BCUT2D eigenvalue weighted by Gasteiger charge is -2.35. The second-order valence-corrected chi connectivity index (χ2v) is 6.86. The molecule has 1 fully saturated rings. The summed E-state index contributed by atoms with van der Waals surface area (Å²) in [7, 11) is 0. The maximum Gasteiger partial charge on any atom is 0.225 e. The lowest BCUT2D eigenvalue weighted by atomic mass is 9.98. The number of hydrogen-bond acceptors (Lipinski definition) is 2. The van der Waals surface area contributed by atoms with Crippen molar-refractivity contribution in [1.82, 2.24) is 3.11 Å². The molecule has 0 saturated carbocycles. The van der Waals surface area contributed by atoms with Gasteiger partial charge in [-0.2, -0.15) is 0 Å². The molecule has 0 aromatic carbocycles. The first kappa shape index (κ1) is 9.27. The van der Waals surface area contributed by atoms with Crippen LogP contribution < -0.4 is 0 Å². The van der Waals surface area contributed by atoms with Gasteiger partial charge in [0.25, 0.3) is 0 Å². The Morgan fingerprint density at radius 1 is 1.50 bits per heavy atom. The van der Waals surface area contributed by atoms with Crippen LogP contribution in [-0.4, -0.2) is 44.2 Å². The predicted octanol–water partition coefficient (Wildman–Crippen LogP) is 0.216. The second kappa shape index (κ2) is 3.72. The maximum absolute atomic E-state index is 9.05. The molecule has 0 radical (unpaired) electrons. The third-order valence-corrected chi connectivity index (χ3v) is 4.58. The van der Waals surface area contributed by atoms with Crippen LogP contribution in [-0.2, 0) is 0 Å². The van der Waals surface area contributed by atoms with Gasteiger partial charge >= 0.3 is 0 Å². The Labute approximate surface area is 83.9 Å². The fourth-order valence-electron chi connectivity index (χ4n) is 1.18. The molecule has 10 heavy (non-hydrogen) atoms. The molecule has 0 bridgehead atoms. The number of piperidine rings is 1. The van der Waals surface area contributed by atoms with Gasteiger partial charge in [-0.1, -0.05) is 4.28 Å². The Bertz CT molecular complexity index is 114. The lowest BCUT2D eigenvalue weighted by Crippen LogP contribution is -2.33. The molecule has 1 rings (SSSR count). The van der Waals surface area contributed by atoms with Crippen molar-refractivity contribution in [3.8, 4) is 0 Å². The molecule has 1 aliphatic rings. The van der Waals surface area contributed by atoms with Gasteiger partial charge in [-0.25, -0.2) is 3.11 Å². The second-order valence-electron chi connectivity index (χ2n) is 3.38. The highest BCUT2D eigenvalue weighted by Gasteiger charge is 2.27. The molecule has 1 aliphatic heterocycles. The molecule has 58 valence electrons.